The molecule has 1 heterocycles. The Hall–Kier alpha value is -2.21. The van der Waals surface area contributed by atoms with Crippen LogP contribution in [-0.2, 0) is 19.1 Å². The van der Waals surface area contributed by atoms with Crippen molar-refractivity contribution in [2.24, 2.45) is 17.8 Å². The van der Waals surface area contributed by atoms with Crippen molar-refractivity contribution in [2.45, 2.75) is 33.3 Å². The molecule has 0 aliphatic carbocycles. The van der Waals surface area contributed by atoms with E-state index in [1.54, 1.807) is 38.1 Å². The summed E-state index contributed by atoms with van der Waals surface area (Å²) in [7, 11) is 0. The van der Waals surface area contributed by atoms with Crippen molar-refractivity contribution in [1.82, 2.24) is 0 Å². The van der Waals surface area contributed by atoms with Crippen molar-refractivity contribution in [3.05, 3.63) is 30.3 Å². The van der Waals surface area contributed by atoms with Gasteiger partial charge in [0.15, 0.2) is 0 Å². The molecule has 0 spiro atoms. The minimum absolute atomic E-state index is 0.0770. The van der Waals surface area contributed by atoms with Gasteiger partial charge in [-0.1, -0.05) is 32.0 Å². The highest BCUT2D eigenvalue weighted by molar-refractivity contribution is 6.21. The zero-order valence-electron chi connectivity index (χ0n) is 14.1. The zero-order valence-corrected chi connectivity index (χ0v) is 14.1. The van der Waals surface area contributed by atoms with Crippen LogP contribution in [0.25, 0.3) is 0 Å². The lowest BCUT2D eigenvalue weighted by Gasteiger charge is -2.17. The van der Waals surface area contributed by atoms with Gasteiger partial charge in [-0.15, -0.1) is 0 Å². The second kappa shape index (κ2) is 7.57. The van der Waals surface area contributed by atoms with E-state index in [4.69, 9.17) is 9.84 Å². The van der Waals surface area contributed by atoms with Crippen LogP contribution in [0.15, 0.2) is 30.3 Å². The molecule has 4 unspecified atom stereocenters. The van der Waals surface area contributed by atoms with Crippen molar-refractivity contribution in [3.63, 3.8) is 0 Å². The molecule has 1 aliphatic rings. The Morgan fingerprint density at radius 1 is 1.21 bits per heavy atom. The first-order chi connectivity index (χ1) is 11.3. The van der Waals surface area contributed by atoms with Gasteiger partial charge in [-0.05, 0) is 25.5 Å². The van der Waals surface area contributed by atoms with E-state index in [2.05, 4.69) is 0 Å². The predicted molar refractivity (Wildman–Crippen MR) is 88.0 cm³/mol. The van der Waals surface area contributed by atoms with E-state index in [9.17, 15) is 14.4 Å². The van der Waals surface area contributed by atoms with Gasteiger partial charge in [0.05, 0.1) is 23.6 Å². The smallest absolute Gasteiger partial charge is 0.308 e. The number of para-hydroxylation sites is 1. The van der Waals surface area contributed by atoms with Crippen LogP contribution in [0.1, 0.15) is 27.2 Å². The highest BCUT2D eigenvalue weighted by atomic mass is 16.5. The van der Waals surface area contributed by atoms with Gasteiger partial charge in [-0.3, -0.25) is 19.3 Å². The fourth-order valence-electron chi connectivity index (χ4n) is 2.82. The molecule has 4 atom stereocenters. The van der Waals surface area contributed by atoms with Crippen LogP contribution in [0.5, 0.6) is 0 Å². The van der Waals surface area contributed by atoms with Gasteiger partial charge >= 0.3 is 5.97 Å². The molecular weight excluding hydrogens is 310 g/mol. The number of carbonyl (C=O) groups is 3. The highest BCUT2D eigenvalue weighted by Crippen LogP contribution is 2.34. The number of anilines is 1. The van der Waals surface area contributed by atoms with E-state index >= 15 is 0 Å². The average molecular weight is 333 g/mol. The minimum Gasteiger partial charge on any atom is -0.463 e. The van der Waals surface area contributed by atoms with Crippen LogP contribution in [-0.4, -0.2) is 35.6 Å². The van der Waals surface area contributed by atoms with Crippen molar-refractivity contribution < 1.29 is 24.2 Å². The lowest BCUT2D eigenvalue weighted by molar-refractivity contribution is -0.151. The number of ether oxygens (including phenoxy) is 1. The van der Waals surface area contributed by atoms with Crippen LogP contribution in [0.2, 0.25) is 0 Å². The summed E-state index contributed by atoms with van der Waals surface area (Å²) >= 11 is 0. The first-order valence-electron chi connectivity index (χ1n) is 8.10. The Morgan fingerprint density at radius 2 is 1.83 bits per heavy atom. The molecule has 1 fully saturated rings. The molecular formula is C18H23NO5. The molecule has 1 aromatic rings. The van der Waals surface area contributed by atoms with Gasteiger partial charge in [-0.2, -0.15) is 0 Å². The maximum absolute atomic E-state index is 12.7. The van der Waals surface area contributed by atoms with Gasteiger partial charge < -0.3 is 9.84 Å². The Kier molecular flexibility index (Phi) is 5.72. The monoisotopic (exact) mass is 333 g/mol. The number of carbonyl (C=O) groups excluding carboxylic acids is 3. The molecule has 1 N–H and O–H groups in total. The second-order valence-corrected chi connectivity index (χ2v) is 6.36. The van der Waals surface area contributed by atoms with E-state index in [1.807, 2.05) is 6.07 Å². The molecule has 6 heteroatoms. The number of hydrogen-bond acceptors (Lipinski definition) is 5. The molecule has 1 aliphatic heterocycles. The standard InChI is InChI=1S/C18H23NO5/c1-11(18(23)24-10-12(2)20)9-15-13(3)16(21)19(17(15)22)14-7-5-4-6-8-14/h4-8,11-13,15,20H,9-10H2,1-3H3. The van der Waals surface area contributed by atoms with Gasteiger partial charge in [0.2, 0.25) is 11.8 Å². The van der Waals surface area contributed by atoms with Gasteiger partial charge in [0.25, 0.3) is 0 Å². The maximum atomic E-state index is 12.7. The third kappa shape index (κ3) is 3.82. The molecule has 24 heavy (non-hydrogen) atoms. The Labute approximate surface area is 141 Å². The fraction of sp³-hybridized carbons (Fsp3) is 0.500. The number of esters is 1. The number of amides is 2. The van der Waals surface area contributed by atoms with Crippen LogP contribution in [0.4, 0.5) is 5.69 Å². The van der Waals surface area contributed by atoms with E-state index in [-0.39, 0.29) is 24.8 Å². The van der Waals surface area contributed by atoms with Gasteiger partial charge in [0.1, 0.15) is 6.61 Å². The topological polar surface area (TPSA) is 83.9 Å². The van der Waals surface area contributed by atoms with E-state index in [0.29, 0.717) is 5.69 Å². The summed E-state index contributed by atoms with van der Waals surface area (Å²) in [5.74, 6) is -2.56. The molecule has 0 radical (unpaired) electrons. The minimum atomic E-state index is -0.733. The Balaban J connectivity index is 2.07. The SMILES string of the molecule is CC(O)COC(=O)C(C)CC1C(=O)N(c2ccccc2)C(=O)C1C. The van der Waals surface area contributed by atoms with Crippen molar-refractivity contribution in [2.75, 3.05) is 11.5 Å². The van der Waals surface area contributed by atoms with Crippen molar-refractivity contribution in [1.29, 1.82) is 0 Å². The molecule has 0 aromatic heterocycles. The number of rotatable bonds is 6. The third-order valence-corrected chi connectivity index (χ3v) is 4.24. The molecule has 2 amide bonds. The summed E-state index contributed by atoms with van der Waals surface area (Å²) < 4.78 is 4.99. The molecule has 0 bridgehead atoms. The molecule has 130 valence electrons. The van der Waals surface area contributed by atoms with Gasteiger partial charge in [-0.25, -0.2) is 0 Å². The highest BCUT2D eigenvalue weighted by Gasteiger charge is 2.46. The van der Waals surface area contributed by atoms with E-state index in [0.717, 1.165) is 0 Å². The summed E-state index contributed by atoms with van der Waals surface area (Å²) in [5.41, 5.74) is 0.547. The summed E-state index contributed by atoms with van der Waals surface area (Å²) in [6.45, 7) is 4.82. The average Bonchev–Trinajstić information content (AvgIpc) is 2.76. The summed E-state index contributed by atoms with van der Waals surface area (Å²) in [6.07, 6.45) is -0.489. The number of hydrogen-bond donors (Lipinski definition) is 1. The van der Waals surface area contributed by atoms with Gasteiger partial charge in [0, 0.05) is 5.92 Å². The normalized spacial score (nSPS) is 23.2. The maximum Gasteiger partial charge on any atom is 0.308 e. The summed E-state index contributed by atoms with van der Waals surface area (Å²) in [5, 5.41) is 9.16. The number of aliphatic hydroxyl groups is 1. The number of nitrogens with zero attached hydrogens (tertiary/aromatic N) is 1. The third-order valence-electron chi connectivity index (χ3n) is 4.24. The molecule has 0 saturated carbocycles. The van der Waals surface area contributed by atoms with Crippen molar-refractivity contribution in [3.8, 4) is 0 Å². The lowest BCUT2D eigenvalue weighted by Crippen LogP contribution is -2.31. The van der Waals surface area contributed by atoms with E-state index < -0.39 is 29.8 Å². The molecule has 1 saturated heterocycles. The molecule has 1 aromatic carbocycles. The summed E-state index contributed by atoms with van der Waals surface area (Å²) in [4.78, 5) is 38.2. The van der Waals surface area contributed by atoms with Crippen LogP contribution in [0.3, 0.4) is 0 Å². The number of imide groups is 1. The number of aliphatic hydroxyl groups excluding tert-OH is 1. The summed E-state index contributed by atoms with van der Waals surface area (Å²) in [6, 6.07) is 8.78. The second-order valence-electron chi connectivity index (χ2n) is 6.36. The largest absolute Gasteiger partial charge is 0.463 e. The first-order valence-corrected chi connectivity index (χ1v) is 8.10. The molecule has 6 nitrogen and oxygen atoms in total. The van der Waals surface area contributed by atoms with Crippen molar-refractivity contribution >= 4 is 23.5 Å². The number of benzene rings is 1. The van der Waals surface area contributed by atoms with E-state index in [1.165, 1.54) is 11.8 Å². The quantitative estimate of drug-likeness (QED) is 0.633. The first kappa shape index (κ1) is 18.1. The van der Waals surface area contributed by atoms with Crippen LogP contribution < -0.4 is 4.90 Å². The predicted octanol–water partition coefficient (Wildman–Crippen LogP) is 1.76. The van der Waals surface area contributed by atoms with Crippen LogP contribution in [0, 0.1) is 17.8 Å². The molecule has 2 rings (SSSR count). The Bertz CT molecular complexity index is 613. The lowest BCUT2D eigenvalue weighted by atomic mass is 9.88. The zero-order chi connectivity index (χ0) is 17.9. The Morgan fingerprint density at radius 3 is 2.42 bits per heavy atom. The fourth-order valence-corrected chi connectivity index (χ4v) is 2.82. The van der Waals surface area contributed by atoms with Crippen LogP contribution >= 0.6 is 0 Å².